The second-order valence-electron chi connectivity index (χ2n) is 6.56. The highest BCUT2D eigenvalue weighted by Gasteiger charge is 2.36. The quantitative estimate of drug-likeness (QED) is 0.804. The highest BCUT2D eigenvalue weighted by atomic mass is 16.5. The lowest BCUT2D eigenvalue weighted by Gasteiger charge is -2.41. The van der Waals surface area contributed by atoms with Crippen molar-refractivity contribution in [2.75, 3.05) is 13.1 Å². The molecule has 2 amide bonds. The molecule has 0 bridgehead atoms. The molecule has 114 valence electrons. The number of hydrogen-bond donors (Lipinski definition) is 2. The third-order valence-corrected chi connectivity index (χ3v) is 3.97. The summed E-state index contributed by atoms with van der Waals surface area (Å²) in [6, 6.07) is -0.130. The first-order chi connectivity index (χ1) is 9.27. The van der Waals surface area contributed by atoms with E-state index in [1.54, 1.807) is 4.90 Å². The van der Waals surface area contributed by atoms with Crippen LogP contribution in [0.3, 0.4) is 0 Å². The summed E-state index contributed by atoms with van der Waals surface area (Å²) in [5, 5.41) is 11.9. The van der Waals surface area contributed by atoms with Crippen LogP contribution in [0.25, 0.3) is 0 Å². The zero-order valence-corrected chi connectivity index (χ0v) is 12.4. The molecule has 6 nitrogen and oxygen atoms in total. The van der Waals surface area contributed by atoms with E-state index in [1.807, 2.05) is 20.8 Å². The molecule has 1 unspecified atom stereocenters. The number of carbonyl (C=O) groups excluding carboxylic acids is 1. The maximum atomic E-state index is 12.3. The Morgan fingerprint density at radius 3 is 2.60 bits per heavy atom. The Balaban J connectivity index is 1.87. The van der Waals surface area contributed by atoms with Crippen LogP contribution in [-0.4, -0.2) is 52.8 Å². The lowest BCUT2D eigenvalue weighted by molar-refractivity contribution is -0.141. The number of nitrogens with one attached hydrogen (secondary N) is 1. The third kappa shape index (κ3) is 3.62. The molecule has 2 aliphatic rings. The van der Waals surface area contributed by atoms with Crippen LogP contribution in [0.15, 0.2) is 0 Å². The highest BCUT2D eigenvalue weighted by Crippen LogP contribution is 2.26. The van der Waals surface area contributed by atoms with Crippen LogP contribution in [0.2, 0.25) is 0 Å². The number of carbonyl (C=O) groups is 2. The Kier molecular flexibility index (Phi) is 4.22. The summed E-state index contributed by atoms with van der Waals surface area (Å²) in [6.45, 7) is 7.03. The van der Waals surface area contributed by atoms with E-state index in [-0.39, 0.29) is 29.7 Å². The Morgan fingerprint density at radius 2 is 2.05 bits per heavy atom. The molecule has 20 heavy (non-hydrogen) atoms. The summed E-state index contributed by atoms with van der Waals surface area (Å²) < 4.78 is 5.77. The molecule has 0 radical (unpaired) electrons. The molecule has 3 atom stereocenters. The van der Waals surface area contributed by atoms with Gasteiger partial charge in [0.25, 0.3) is 0 Å². The van der Waals surface area contributed by atoms with Crippen LogP contribution in [0.1, 0.15) is 40.0 Å². The summed E-state index contributed by atoms with van der Waals surface area (Å²) in [5.41, 5.74) is -0.339. The molecule has 0 aromatic rings. The molecule has 1 heterocycles. The van der Waals surface area contributed by atoms with Crippen molar-refractivity contribution in [3.05, 3.63) is 0 Å². The van der Waals surface area contributed by atoms with Gasteiger partial charge in [-0.15, -0.1) is 0 Å². The monoisotopic (exact) mass is 284 g/mol. The lowest BCUT2D eigenvalue weighted by atomic mass is 10.1. The molecule has 1 aliphatic carbocycles. The minimum absolute atomic E-state index is 0.0137. The number of carboxylic acids is 1. The topological polar surface area (TPSA) is 78.9 Å². The van der Waals surface area contributed by atoms with E-state index in [0.29, 0.717) is 25.9 Å². The maximum Gasteiger partial charge on any atom is 0.317 e. The van der Waals surface area contributed by atoms with Crippen molar-refractivity contribution in [1.29, 1.82) is 0 Å². The normalized spacial score (nSPS) is 33.0. The van der Waals surface area contributed by atoms with Crippen molar-refractivity contribution in [2.45, 2.75) is 57.8 Å². The van der Waals surface area contributed by atoms with Crippen molar-refractivity contribution < 1.29 is 19.4 Å². The van der Waals surface area contributed by atoms with Crippen molar-refractivity contribution in [1.82, 2.24) is 10.2 Å². The number of hydrogen-bond acceptors (Lipinski definition) is 3. The zero-order chi connectivity index (χ0) is 14.9. The SMILES string of the molecule is CC1CN(C(=O)N[C@H]2CC[C@@H](C(=O)O)C2)CC(C)(C)O1. The summed E-state index contributed by atoms with van der Waals surface area (Å²) in [7, 11) is 0. The number of nitrogens with zero attached hydrogens (tertiary/aromatic N) is 1. The van der Waals surface area contributed by atoms with Crippen LogP contribution in [-0.2, 0) is 9.53 Å². The number of aliphatic carboxylic acids is 1. The van der Waals surface area contributed by atoms with Gasteiger partial charge in [0.15, 0.2) is 0 Å². The van der Waals surface area contributed by atoms with Gasteiger partial charge >= 0.3 is 12.0 Å². The summed E-state index contributed by atoms with van der Waals surface area (Å²) >= 11 is 0. The first-order valence-corrected chi connectivity index (χ1v) is 7.23. The molecule has 0 spiro atoms. The fourth-order valence-corrected chi connectivity index (χ4v) is 3.21. The molecule has 1 saturated carbocycles. The molecular weight excluding hydrogens is 260 g/mol. The number of rotatable bonds is 2. The number of ether oxygens (including phenoxy) is 1. The van der Waals surface area contributed by atoms with Crippen LogP contribution < -0.4 is 5.32 Å². The van der Waals surface area contributed by atoms with Crippen LogP contribution in [0, 0.1) is 5.92 Å². The molecule has 0 aromatic heterocycles. The van der Waals surface area contributed by atoms with Gasteiger partial charge < -0.3 is 20.1 Å². The smallest absolute Gasteiger partial charge is 0.317 e. The summed E-state index contributed by atoms with van der Waals surface area (Å²) in [5.74, 6) is -1.08. The van der Waals surface area contributed by atoms with Gasteiger partial charge in [-0.1, -0.05) is 0 Å². The zero-order valence-electron chi connectivity index (χ0n) is 12.4. The highest BCUT2D eigenvalue weighted by molar-refractivity contribution is 5.75. The minimum Gasteiger partial charge on any atom is -0.481 e. The van der Waals surface area contributed by atoms with Crippen molar-refractivity contribution in [3.63, 3.8) is 0 Å². The fraction of sp³-hybridized carbons (Fsp3) is 0.857. The predicted molar refractivity (Wildman–Crippen MR) is 73.5 cm³/mol. The van der Waals surface area contributed by atoms with E-state index in [2.05, 4.69) is 5.32 Å². The standard InChI is InChI=1S/C14H24N2O4/c1-9-7-16(8-14(2,3)20-9)13(19)15-11-5-4-10(6-11)12(17)18/h9-11H,4-8H2,1-3H3,(H,15,19)(H,17,18)/t9?,10-,11+/m1/s1. The number of carboxylic acid groups (broad SMARTS) is 1. The van der Waals surface area contributed by atoms with Gasteiger partial charge in [-0.2, -0.15) is 0 Å². The lowest BCUT2D eigenvalue weighted by Crippen LogP contribution is -2.57. The molecule has 2 rings (SSSR count). The molecule has 1 saturated heterocycles. The van der Waals surface area contributed by atoms with E-state index in [1.165, 1.54) is 0 Å². The van der Waals surface area contributed by atoms with Crippen molar-refractivity contribution >= 4 is 12.0 Å². The van der Waals surface area contributed by atoms with Gasteiger partial charge in [-0.05, 0) is 40.0 Å². The first kappa shape index (κ1) is 15.1. The van der Waals surface area contributed by atoms with E-state index in [9.17, 15) is 9.59 Å². The van der Waals surface area contributed by atoms with Gasteiger partial charge in [0.2, 0.25) is 0 Å². The Hall–Kier alpha value is -1.30. The summed E-state index contributed by atoms with van der Waals surface area (Å²) in [4.78, 5) is 25.0. The molecular formula is C14H24N2O4. The van der Waals surface area contributed by atoms with E-state index in [0.717, 1.165) is 6.42 Å². The van der Waals surface area contributed by atoms with Crippen molar-refractivity contribution in [3.8, 4) is 0 Å². The van der Waals surface area contributed by atoms with Gasteiger partial charge in [0.1, 0.15) is 0 Å². The van der Waals surface area contributed by atoms with Crippen LogP contribution in [0.4, 0.5) is 4.79 Å². The molecule has 2 fully saturated rings. The third-order valence-electron chi connectivity index (χ3n) is 3.97. The maximum absolute atomic E-state index is 12.3. The average molecular weight is 284 g/mol. The second kappa shape index (κ2) is 5.60. The largest absolute Gasteiger partial charge is 0.481 e. The first-order valence-electron chi connectivity index (χ1n) is 7.23. The fourth-order valence-electron chi connectivity index (χ4n) is 3.21. The van der Waals surface area contributed by atoms with Crippen molar-refractivity contribution in [2.24, 2.45) is 5.92 Å². The Morgan fingerprint density at radius 1 is 1.35 bits per heavy atom. The minimum atomic E-state index is -0.761. The van der Waals surface area contributed by atoms with E-state index in [4.69, 9.17) is 9.84 Å². The van der Waals surface area contributed by atoms with Crippen LogP contribution in [0.5, 0.6) is 0 Å². The molecule has 2 N–H and O–H groups in total. The van der Waals surface area contributed by atoms with E-state index >= 15 is 0 Å². The number of morpholine rings is 1. The molecule has 1 aliphatic heterocycles. The molecule has 0 aromatic carbocycles. The average Bonchev–Trinajstić information content (AvgIpc) is 2.74. The molecule has 6 heteroatoms. The van der Waals surface area contributed by atoms with Gasteiger partial charge in [-0.25, -0.2) is 4.79 Å². The summed E-state index contributed by atoms with van der Waals surface area (Å²) in [6.07, 6.45) is 1.93. The van der Waals surface area contributed by atoms with Gasteiger partial charge in [0.05, 0.1) is 24.2 Å². The Bertz CT molecular complexity index is 397. The second-order valence-corrected chi connectivity index (χ2v) is 6.56. The Labute approximate surface area is 119 Å². The van der Waals surface area contributed by atoms with E-state index < -0.39 is 5.97 Å². The predicted octanol–water partition coefficient (Wildman–Crippen LogP) is 1.45. The number of urea groups is 1. The number of amides is 2. The van der Waals surface area contributed by atoms with Gasteiger partial charge in [0, 0.05) is 12.6 Å². The van der Waals surface area contributed by atoms with Gasteiger partial charge in [-0.3, -0.25) is 4.79 Å². The van der Waals surface area contributed by atoms with Crippen LogP contribution >= 0.6 is 0 Å².